The minimum absolute atomic E-state index is 0.0777. The number of ether oxygens (including phenoxy) is 2. The van der Waals surface area contributed by atoms with Crippen LogP contribution in [-0.2, 0) is 15.9 Å². The van der Waals surface area contributed by atoms with Gasteiger partial charge in [-0.15, -0.1) is 0 Å². The summed E-state index contributed by atoms with van der Waals surface area (Å²) in [5.41, 5.74) is 1.69. The number of alkyl carbamates (subject to hydrolysis) is 2. The Bertz CT molecular complexity index is 1250. The molecule has 228 valence electrons. The van der Waals surface area contributed by atoms with Crippen LogP contribution in [0.5, 0.6) is 0 Å². The van der Waals surface area contributed by atoms with Crippen molar-refractivity contribution in [2.75, 3.05) is 6.61 Å². The maximum absolute atomic E-state index is 12.8. The zero-order valence-corrected chi connectivity index (χ0v) is 26.8. The molecule has 2 heterocycles. The number of hydrogen-bond acceptors (Lipinski definition) is 7. The third-order valence-electron chi connectivity index (χ3n) is 6.48. The van der Waals surface area contributed by atoms with E-state index in [0.717, 1.165) is 40.4 Å². The van der Waals surface area contributed by atoms with E-state index in [0.29, 0.717) is 22.3 Å². The Morgan fingerprint density at radius 3 is 2.24 bits per heavy atom. The maximum atomic E-state index is 12.8. The molecule has 8 nitrogen and oxygen atoms in total. The summed E-state index contributed by atoms with van der Waals surface area (Å²) in [6.07, 6.45) is 10.2. The van der Waals surface area contributed by atoms with Crippen LogP contribution in [0.25, 0.3) is 0 Å². The number of aromatic nitrogens is 3. The number of rotatable bonds is 16. The lowest BCUT2D eigenvalue weighted by atomic mass is 10.1. The van der Waals surface area contributed by atoms with Gasteiger partial charge in [-0.05, 0) is 48.2 Å². The van der Waals surface area contributed by atoms with Crippen LogP contribution >= 0.6 is 35.0 Å². The van der Waals surface area contributed by atoms with Crippen LogP contribution < -0.4 is 5.32 Å². The number of amides is 2. The van der Waals surface area contributed by atoms with Gasteiger partial charge in [-0.25, -0.2) is 19.9 Å². The minimum Gasteiger partial charge on any atom is -0.449 e. The van der Waals surface area contributed by atoms with E-state index in [9.17, 15) is 9.59 Å². The van der Waals surface area contributed by atoms with E-state index >= 15 is 0 Å². The standard InChI is InChI=1S/C31H40Cl2N4O4S/c1-4-5-6-7-8-9-10-11-16-40-30(38)37-31(39)41-26(17-22-12-14-34-15-13-22)28-35-27(21(2)3)29(36-28)42-25-19-23(32)18-24(33)20-25/h12-15,18-21,26H,4-11,16-17H2,1-3H3,(H,35,36)(H,37,38,39). The molecule has 2 N–H and O–H groups in total. The van der Waals surface area contributed by atoms with Gasteiger partial charge in [0.2, 0.25) is 0 Å². The number of H-pyrrole nitrogens is 1. The molecule has 0 saturated carbocycles. The number of hydrogen-bond donors (Lipinski definition) is 2. The lowest BCUT2D eigenvalue weighted by Gasteiger charge is -2.16. The van der Waals surface area contributed by atoms with Crippen molar-refractivity contribution in [2.24, 2.45) is 0 Å². The molecule has 0 aliphatic carbocycles. The van der Waals surface area contributed by atoms with Crippen LogP contribution in [0.4, 0.5) is 9.59 Å². The van der Waals surface area contributed by atoms with Gasteiger partial charge in [-0.2, -0.15) is 0 Å². The fourth-order valence-electron chi connectivity index (χ4n) is 4.32. The van der Waals surface area contributed by atoms with Gasteiger partial charge in [0.05, 0.1) is 12.3 Å². The number of imidazole rings is 1. The van der Waals surface area contributed by atoms with Gasteiger partial charge in [0.25, 0.3) is 0 Å². The van der Waals surface area contributed by atoms with E-state index in [2.05, 4.69) is 22.2 Å². The summed E-state index contributed by atoms with van der Waals surface area (Å²) in [5.74, 6) is 0.530. The van der Waals surface area contributed by atoms with Crippen LogP contribution in [0, 0.1) is 0 Å². The van der Waals surface area contributed by atoms with E-state index in [1.807, 2.05) is 38.1 Å². The van der Waals surface area contributed by atoms with Crippen LogP contribution in [0.2, 0.25) is 10.0 Å². The number of nitrogens with zero attached hydrogens (tertiary/aromatic N) is 2. The molecule has 0 saturated heterocycles. The summed E-state index contributed by atoms with van der Waals surface area (Å²) in [4.78, 5) is 38.0. The number of unbranched alkanes of at least 4 members (excludes halogenated alkanes) is 7. The monoisotopic (exact) mass is 634 g/mol. The molecular weight excluding hydrogens is 595 g/mol. The van der Waals surface area contributed by atoms with Crippen molar-refractivity contribution < 1.29 is 19.1 Å². The predicted molar refractivity (Wildman–Crippen MR) is 168 cm³/mol. The molecule has 11 heteroatoms. The Morgan fingerprint density at radius 1 is 0.952 bits per heavy atom. The second-order valence-electron chi connectivity index (χ2n) is 10.4. The number of nitrogens with one attached hydrogen (secondary N) is 2. The maximum Gasteiger partial charge on any atom is 0.417 e. The van der Waals surface area contributed by atoms with Gasteiger partial charge in [0, 0.05) is 33.8 Å². The van der Waals surface area contributed by atoms with Crippen molar-refractivity contribution in [1.29, 1.82) is 0 Å². The number of pyridine rings is 1. The first-order valence-corrected chi connectivity index (χ1v) is 16.1. The topological polar surface area (TPSA) is 106 Å². The second-order valence-corrected chi connectivity index (χ2v) is 12.3. The molecule has 0 aliphatic heterocycles. The number of aromatic amines is 1. The highest BCUT2D eigenvalue weighted by Crippen LogP contribution is 2.36. The average molecular weight is 636 g/mol. The summed E-state index contributed by atoms with van der Waals surface area (Å²) in [7, 11) is 0. The number of benzene rings is 1. The lowest BCUT2D eigenvalue weighted by molar-refractivity contribution is 0.0870. The fourth-order valence-corrected chi connectivity index (χ4v) is 6.13. The van der Waals surface area contributed by atoms with Crippen molar-refractivity contribution in [3.63, 3.8) is 0 Å². The predicted octanol–water partition coefficient (Wildman–Crippen LogP) is 9.67. The highest BCUT2D eigenvalue weighted by Gasteiger charge is 2.25. The van der Waals surface area contributed by atoms with Crippen molar-refractivity contribution in [1.82, 2.24) is 20.3 Å². The van der Waals surface area contributed by atoms with Gasteiger partial charge in [-0.1, -0.05) is 101 Å². The SMILES string of the molecule is CCCCCCCCCCOC(=O)NC(=O)OC(Cc1ccncc1)c1nc(C(C)C)c(Sc2cc(Cl)cc(Cl)c2)[nH]1. The van der Waals surface area contributed by atoms with E-state index in [1.165, 1.54) is 43.9 Å². The van der Waals surface area contributed by atoms with Crippen molar-refractivity contribution in [3.8, 4) is 0 Å². The third kappa shape index (κ3) is 11.9. The third-order valence-corrected chi connectivity index (χ3v) is 7.90. The number of imide groups is 1. The van der Waals surface area contributed by atoms with E-state index < -0.39 is 18.3 Å². The van der Waals surface area contributed by atoms with Crippen molar-refractivity contribution in [2.45, 2.75) is 101 Å². The van der Waals surface area contributed by atoms with Gasteiger partial charge >= 0.3 is 12.2 Å². The van der Waals surface area contributed by atoms with E-state index in [1.54, 1.807) is 18.5 Å². The molecule has 1 atom stereocenters. The molecular formula is C31H40Cl2N4O4S. The highest BCUT2D eigenvalue weighted by atomic mass is 35.5. The fraction of sp³-hybridized carbons (Fsp3) is 0.484. The van der Waals surface area contributed by atoms with Crippen LogP contribution in [0.1, 0.15) is 101 Å². The highest BCUT2D eigenvalue weighted by molar-refractivity contribution is 7.99. The summed E-state index contributed by atoms with van der Waals surface area (Å²) >= 11 is 13.9. The van der Waals surface area contributed by atoms with Crippen LogP contribution in [-0.4, -0.2) is 33.7 Å². The lowest BCUT2D eigenvalue weighted by Crippen LogP contribution is -2.33. The summed E-state index contributed by atoms with van der Waals surface area (Å²) in [5, 5.41) is 4.02. The quantitative estimate of drug-likeness (QED) is 0.151. The molecule has 2 amide bonds. The molecule has 0 aliphatic rings. The second kappa shape index (κ2) is 18.0. The van der Waals surface area contributed by atoms with Crippen molar-refractivity contribution >= 4 is 47.2 Å². The van der Waals surface area contributed by atoms with Gasteiger partial charge < -0.3 is 14.5 Å². The number of carbonyl (C=O) groups excluding carboxylic acids is 2. The number of carbonyl (C=O) groups is 2. The Kier molecular flexibility index (Phi) is 14.5. The first-order chi connectivity index (χ1) is 20.2. The van der Waals surface area contributed by atoms with Crippen molar-refractivity contribution in [3.05, 3.63) is 69.9 Å². The molecule has 0 bridgehead atoms. The largest absolute Gasteiger partial charge is 0.449 e. The smallest absolute Gasteiger partial charge is 0.417 e. The molecule has 0 radical (unpaired) electrons. The Labute approximate surface area is 262 Å². The first kappa shape index (κ1) is 33.7. The Balaban J connectivity index is 1.63. The molecule has 1 unspecified atom stereocenters. The summed E-state index contributed by atoms with van der Waals surface area (Å²) in [6.45, 7) is 6.51. The zero-order chi connectivity index (χ0) is 30.3. The molecule has 1 aromatic carbocycles. The summed E-state index contributed by atoms with van der Waals surface area (Å²) < 4.78 is 10.9. The molecule has 2 aromatic heterocycles. The Morgan fingerprint density at radius 2 is 1.60 bits per heavy atom. The van der Waals surface area contributed by atoms with Crippen LogP contribution in [0.15, 0.2) is 52.6 Å². The molecule has 3 rings (SSSR count). The minimum atomic E-state index is -0.909. The van der Waals surface area contributed by atoms with E-state index in [4.69, 9.17) is 37.7 Å². The van der Waals surface area contributed by atoms with Gasteiger partial charge in [0.15, 0.2) is 6.10 Å². The summed E-state index contributed by atoms with van der Waals surface area (Å²) in [6, 6.07) is 8.98. The zero-order valence-electron chi connectivity index (χ0n) is 24.5. The van der Waals surface area contributed by atoms with Gasteiger partial charge in [-0.3, -0.25) is 4.98 Å². The average Bonchev–Trinajstić information content (AvgIpc) is 3.36. The molecule has 42 heavy (non-hydrogen) atoms. The first-order valence-electron chi connectivity index (χ1n) is 14.5. The normalized spacial score (nSPS) is 11.9. The molecule has 0 fully saturated rings. The van der Waals surface area contributed by atoms with Crippen LogP contribution in [0.3, 0.4) is 0 Å². The molecule has 0 spiro atoms. The molecule has 3 aromatic rings. The van der Waals surface area contributed by atoms with Gasteiger partial charge in [0.1, 0.15) is 10.9 Å². The number of halogens is 2. The Hall–Kier alpha value is -2.75. The van der Waals surface area contributed by atoms with E-state index in [-0.39, 0.29) is 12.5 Å².